The van der Waals surface area contributed by atoms with E-state index >= 15 is 0 Å². The molecule has 0 aliphatic heterocycles. The molecule has 1 aliphatic rings. The van der Waals surface area contributed by atoms with Gasteiger partial charge in [-0.1, -0.05) is 27.7 Å². The molecule has 5 nitrogen and oxygen atoms in total. The average Bonchev–Trinajstić information content (AvgIpc) is 2.70. The predicted octanol–water partition coefficient (Wildman–Crippen LogP) is 1.76. The van der Waals surface area contributed by atoms with Crippen LogP contribution in [0, 0.1) is 17.8 Å². The maximum atomic E-state index is 11.0. The second-order valence-corrected chi connectivity index (χ2v) is 9.91. The van der Waals surface area contributed by atoms with Crippen LogP contribution < -0.4 is 0 Å². The van der Waals surface area contributed by atoms with Crippen LogP contribution in [0.25, 0.3) is 0 Å². The van der Waals surface area contributed by atoms with Crippen molar-refractivity contribution in [3.63, 3.8) is 0 Å². The number of carboxylic acids is 1. The molecule has 2 N–H and O–H groups in total. The van der Waals surface area contributed by atoms with Gasteiger partial charge < -0.3 is 19.4 Å². The maximum absolute atomic E-state index is 11.0. The van der Waals surface area contributed by atoms with E-state index in [1.165, 1.54) is 0 Å². The number of aliphatic hydroxyl groups excluding tert-OH is 1. The normalized spacial score (nSPS) is 29.5. The lowest BCUT2D eigenvalue weighted by Gasteiger charge is -2.32. The Morgan fingerprint density at radius 3 is 2.55 bits per heavy atom. The lowest BCUT2D eigenvalue weighted by Crippen LogP contribution is -2.30. The predicted molar refractivity (Wildman–Crippen MR) is 87.5 cm³/mol. The third-order valence-corrected chi connectivity index (χ3v) is 7.41. The van der Waals surface area contributed by atoms with Crippen LogP contribution in [0.3, 0.4) is 0 Å². The molecule has 0 radical (unpaired) electrons. The zero-order valence-electron chi connectivity index (χ0n) is 14.1. The van der Waals surface area contributed by atoms with Crippen molar-refractivity contribution in [2.75, 3.05) is 0 Å². The lowest BCUT2D eigenvalue weighted by molar-refractivity contribution is -0.139. The van der Waals surface area contributed by atoms with Gasteiger partial charge in [0.2, 0.25) is 0 Å². The SMILES string of the molecule is CC(C)C(C)(C)[SiH2]O[C@H]1C[C@@H](O)[C@@H](CC(=O)O)[C@@H]1CCC=O. The van der Waals surface area contributed by atoms with E-state index in [0.717, 1.165) is 6.29 Å². The number of aldehydes is 1. The highest BCUT2D eigenvalue weighted by Crippen LogP contribution is 2.41. The van der Waals surface area contributed by atoms with Crippen LogP contribution in [0.5, 0.6) is 0 Å². The summed E-state index contributed by atoms with van der Waals surface area (Å²) in [5.41, 5.74) is 0. The van der Waals surface area contributed by atoms with Gasteiger partial charge in [-0.15, -0.1) is 0 Å². The van der Waals surface area contributed by atoms with Crippen molar-refractivity contribution >= 4 is 22.0 Å². The molecule has 0 bridgehead atoms. The monoisotopic (exact) mass is 330 g/mol. The van der Waals surface area contributed by atoms with Gasteiger partial charge in [-0.25, -0.2) is 0 Å². The molecule has 128 valence electrons. The third-order valence-electron chi connectivity index (χ3n) is 5.26. The first kappa shape index (κ1) is 19.3. The number of carboxylic acid groups (broad SMARTS) is 1. The smallest absolute Gasteiger partial charge is 0.303 e. The molecule has 0 heterocycles. The van der Waals surface area contributed by atoms with E-state index in [4.69, 9.17) is 9.53 Å². The summed E-state index contributed by atoms with van der Waals surface area (Å²) in [4.78, 5) is 21.7. The Morgan fingerprint density at radius 1 is 1.41 bits per heavy atom. The van der Waals surface area contributed by atoms with Crippen LogP contribution in [0.4, 0.5) is 0 Å². The Balaban J connectivity index is 2.74. The van der Waals surface area contributed by atoms with E-state index in [0.29, 0.717) is 25.2 Å². The topological polar surface area (TPSA) is 83.8 Å². The van der Waals surface area contributed by atoms with Crippen LogP contribution in [-0.4, -0.2) is 44.4 Å². The molecule has 4 atom stereocenters. The summed E-state index contributed by atoms with van der Waals surface area (Å²) in [6.07, 6.45) is 1.53. The fraction of sp³-hybridized carbons (Fsp3) is 0.875. The van der Waals surface area contributed by atoms with Gasteiger partial charge in [0.05, 0.1) is 12.5 Å². The van der Waals surface area contributed by atoms with Gasteiger partial charge in [0.25, 0.3) is 0 Å². The van der Waals surface area contributed by atoms with E-state index in [1.807, 2.05) is 0 Å². The van der Waals surface area contributed by atoms with Crippen molar-refractivity contribution in [1.82, 2.24) is 0 Å². The fourth-order valence-electron chi connectivity index (χ4n) is 2.98. The Hall–Kier alpha value is -0.723. The molecule has 1 saturated carbocycles. The number of carbonyl (C=O) groups excluding carboxylic acids is 1. The summed E-state index contributed by atoms with van der Waals surface area (Å²) in [6.45, 7) is 8.75. The van der Waals surface area contributed by atoms with Crippen LogP contribution in [0.1, 0.15) is 53.4 Å². The molecule has 0 unspecified atom stereocenters. The Morgan fingerprint density at radius 2 is 2.05 bits per heavy atom. The van der Waals surface area contributed by atoms with Gasteiger partial charge in [-0.05, 0) is 29.7 Å². The van der Waals surface area contributed by atoms with Crippen molar-refractivity contribution < 1.29 is 24.2 Å². The molecule has 22 heavy (non-hydrogen) atoms. The van der Waals surface area contributed by atoms with Crippen LogP contribution >= 0.6 is 0 Å². The van der Waals surface area contributed by atoms with Crippen LogP contribution in [-0.2, 0) is 14.0 Å². The van der Waals surface area contributed by atoms with E-state index in [1.54, 1.807) is 0 Å². The maximum Gasteiger partial charge on any atom is 0.303 e. The molecule has 0 aromatic heterocycles. The largest absolute Gasteiger partial charge is 0.481 e. The highest BCUT2D eigenvalue weighted by atomic mass is 28.2. The first-order chi connectivity index (χ1) is 10.2. The number of rotatable bonds is 9. The van der Waals surface area contributed by atoms with Gasteiger partial charge >= 0.3 is 5.97 Å². The van der Waals surface area contributed by atoms with E-state index in [2.05, 4.69) is 27.7 Å². The van der Waals surface area contributed by atoms with Gasteiger partial charge in [-0.3, -0.25) is 4.79 Å². The van der Waals surface area contributed by atoms with E-state index in [9.17, 15) is 14.7 Å². The lowest BCUT2D eigenvalue weighted by atomic mass is 9.87. The van der Waals surface area contributed by atoms with E-state index in [-0.39, 0.29) is 29.4 Å². The van der Waals surface area contributed by atoms with Crippen molar-refractivity contribution in [2.45, 2.75) is 70.6 Å². The molecule has 1 aliphatic carbocycles. The molecule has 1 rings (SSSR count). The minimum absolute atomic E-state index is 0.0354. The van der Waals surface area contributed by atoms with Gasteiger partial charge in [-0.2, -0.15) is 0 Å². The average molecular weight is 330 g/mol. The molecule has 0 saturated heterocycles. The second-order valence-electron chi connectivity index (χ2n) is 7.47. The molecule has 0 aromatic carbocycles. The molecule has 0 spiro atoms. The number of hydrogen-bond acceptors (Lipinski definition) is 4. The van der Waals surface area contributed by atoms with Gasteiger partial charge in [0, 0.05) is 18.4 Å². The molecule has 1 fully saturated rings. The van der Waals surface area contributed by atoms with E-state index < -0.39 is 21.8 Å². The second kappa shape index (κ2) is 8.22. The van der Waals surface area contributed by atoms with Crippen LogP contribution in [0.15, 0.2) is 0 Å². The van der Waals surface area contributed by atoms with Gasteiger partial charge in [0.1, 0.15) is 6.29 Å². The molecular formula is C16H30O5Si. The number of carbonyl (C=O) groups is 2. The van der Waals surface area contributed by atoms with Crippen molar-refractivity contribution in [2.24, 2.45) is 17.8 Å². The van der Waals surface area contributed by atoms with Crippen LogP contribution in [0.2, 0.25) is 5.04 Å². The number of hydrogen-bond donors (Lipinski definition) is 2. The number of aliphatic hydroxyl groups is 1. The van der Waals surface area contributed by atoms with Gasteiger partial charge in [0.15, 0.2) is 9.76 Å². The Kier molecular flexibility index (Phi) is 7.22. The van der Waals surface area contributed by atoms with Crippen molar-refractivity contribution in [3.05, 3.63) is 0 Å². The van der Waals surface area contributed by atoms with Crippen molar-refractivity contribution in [3.8, 4) is 0 Å². The Labute approximate surface area is 135 Å². The summed E-state index contributed by atoms with van der Waals surface area (Å²) in [5.74, 6) is -0.723. The van der Waals surface area contributed by atoms with Crippen molar-refractivity contribution in [1.29, 1.82) is 0 Å². The molecule has 6 heteroatoms. The first-order valence-electron chi connectivity index (χ1n) is 8.14. The first-order valence-corrected chi connectivity index (χ1v) is 9.42. The summed E-state index contributed by atoms with van der Waals surface area (Å²) >= 11 is 0. The molecule has 0 amide bonds. The summed E-state index contributed by atoms with van der Waals surface area (Å²) in [5, 5.41) is 19.4. The fourth-order valence-corrected chi connectivity index (χ4v) is 4.34. The highest BCUT2D eigenvalue weighted by Gasteiger charge is 2.44. The third kappa shape index (κ3) is 5.17. The number of aliphatic carboxylic acids is 1. The summed E-state index contributed by atoms with van der Waals surface area (Å²) in [6, 6.07) is 0. The zero-order chi connectivity index (χ0) is 16.9. The quantitative estimate of drug-likeness (QED) is 0.497. The standard InChI is InChI=1S/C16H30O5Si/c1-10(2)16(3,4)22-21-14-9-13(18)12(8-15(19)20)11(14)6-5-7-17/h7,10-14,18H,5-6,8-9,22H2,1-4H3,(H,19,20)/t11-,12-,13+,14-/m0/s1. The summed E-state index contributed by atoms with van der Waals surface area (Å²) in [7, 11) is -0.812. The zero-order valence-corrected chi connectivity index (χ0v) is 15.5. The summed E-state index contributed by atoms with van der Waals surface area (Å²) < 4.78 is 6.19. The molecular weight excluding hydrogens is 300 g/mol. The highest BCUT2D eigenvalue weighted by molar-refractivity contribution is 6.32. The Bertz CT molecular complexity index is 383. The minimum Gasteiger partial charge on any atom is -0.481 e. The molecule has 0 aromatic rings. The minimum atomic E-state index is -0.902.